The van der Waals surface area contributed by atoms with Crippen LogP contribution in [-0.2, 0) is 15.6 Å². The number of rotatable bonds is 7. The highest BCUT2D eigenvalue weighted by Gasteiger charge is 2.37. The molecule has 1 aliphatic rings. The van der Waals surface area contributed by atoms with E-state index in [4.69, 9.17) is 9.16 Å². The van der Waals surface area contributed by atoms with Crippen LogP contribution < -0.4 is 4.43 Å². The summed E-state index contributed by atoms with van der Waals surface area (Å²) >= 11 is 0. The Morgan fingerprint density at radius 2 is 1.66 bits per heavy atom. The van der Waals surface area contributed by atoms with Gasteiger partial charge in [0.2, 0.25) is 9.04 Å². The zero-order valence-electron chi connectivity index (χ0n) is 23.1. The van der Waals surface area contributed by atoms with E-state index in [1.165, 1.54) is 54.4 Å². The lowest BCUT2D eigenvalue weighted by molar-refractivity contribution is 0.0526. The molecule has 2 aromatic carbocycles. The predicted molar refractivity (Wildman–Crippen MR) is 151 cm³/mol. The van der Waals surface area contributed by atoms with E-state index >= 15 is 0 Å². The fraction of sp³-hybridized carbons (Fsp3) is 0.516. The third-order valence-corrected chi connectivity index (χ3v) is 7.82. The Balaban J connectivity index is 2.14. The highest BCUT2D eigenvalue weighted by molar-refractivity contribution is 6.49. The minimum Gasteiger partial charge on any atom is -0.546 e. The number of esters is 1. The van der Waals surface area contributed by atoms with Crippen LogP contribution in [-0.4, -0.2) is 21.6 Å². The average Bonchev–Trinajstić information content (AvgIpc) is 2.78. The molecule has 4 heteroatoms. The first-order chi connectivity index (χ1) is 16.5. The lowest BCUT2D eigenvalue weighted by Crippen LogP contribution is -2.31. The van der Waals surface area contributed by atoms with Gasteiger partial charge in [0.25, 0.3) is 0 Å². The van der Waals surface area contributed by atoms with Crippen LogP contribution in [0.25, 0.3) is 11.6 Å². The summed E-state index contributed by atoms with van der Waals surface area (Å²) in [6.45, 7) is 18.3. The van der Waals surface area contributed by atoms with Crippen LogP contribution in [0.3, 0.4) is 0 Å². The van der Waals surface area contributed by atoms with Crippen molar-refractivity contribution < 1.29 is 14.0 Å². The van der Waals surface area contributed by atoms with Gasteiger partial charge in [0.15, 0.2) is 0 Å². The van der Waals surface area contributed by atoms with Crippen LogP contribution in [0, 0.1) is 0 Å². The van der Waals surface area contributed by atoms with Gasteiger partial charge in [0.05, 0.1) is 12.2 Å². The summed E-state index contributed by atoms with van der Waals surface area (Å²) in [5, 5.41) is 0. The van der Waals surface area contributed by atoms with E-state index in [1.807, 2.05) is 31.2 Å². The van der Waals surface area contributed by atoms with Gasteiger partial charge in [-0.2, -0.15) is 0 Å². The van der Waals surface area contributed by atoms with Gasteiger partial charge in [-0.1, -0.05) is 77.3 Å². The molecule has 1 saturated carbocycles. The molecule has 0 spiro atoms. The first-order valence-electron chi connectivity index (χ1n) is 13.3. The fourth-order valence-corrected chi connectivity index (χ4v) is 6.03. The number of carbonyl (C=O) groups is 1. The third kappa shape index (κ3) is 6.46. The summed E-state index contributed by atoms with van der Waals surface area (Å²) < 4.78 is 11.9. The van der Waals surface area contributed by atoms with E-state index in [2.05, 4.69) is 65.9 Å². The molecule has 3 nitrogen and oxygen atoms in total. The first kappa shape index (κ1) is 27.3. The third-order valence-electron chi connectivity index (χ3n) is 7.11. The lowest BCUT2D eigenvalue weighted by Gasteiger charge is -2.40. The molecule has 0 heterocycles. The molecule has 0 atom stereocenters. The Labute approximate surface area is 214 Å². The van der Waals surface area contributed by atoms with Gasteiger partial charge in [-0.3, -0.25) is 0 Å². The molecule has 0 unspecified atom stereocenters. The molecule has 35 heavy (non-hydrogen) atoms. The summed E-state index contributed by atoms with van der Waals surface area (Å²) in [5.74, 6) is 0.834. The van der Waals surface area contributed by atoms with Crippen molar-refractivity contribution in [3.05, 3.63) is 64.2 Å². The number of allylic oxidation sites excluding steroid dienone is 1. The molecule has 0 aliphatic heterocycles. The zero-order chi connectivity index (χ0) is 25.8. The molecule has 1 aliphatic carbocycles. The van der Waals surface area contributed by atoms with Crippen LogP contribution in [0.5, 0.6) is 5.75 Å². The van der Waals surface area contributed by atoms with Gasteiger partial charge in [-0.15, -0.1) is 0 Å². The molecular weight excluding hydrogens is 448 g/mol. The molecule has 0 aromatic heterocycles. The van der Waals surface area contributed by atoms with Gasteiger partial charge in [0, 0.05) is 11.1 Å². The van der Waals surface area contributed by atoms with Crippen molar-refractivity contribution in [3.63, 3.8) is 0 Å². The molecule has 2 aromatic rings. The molecule has 3 rings (SSSR count). The van der Waals surface area contributed by atoms with Crippen molar-refractivity contribution >= 4 is 26.7 Å². The molecule has 1 fully saturated rings. The zero-order valence-corrected chi connectivity index (χ0v) is 24.2. The summed E-state index contributed by atoms with van der Waals surface area (Å²) in [5.41, 5.74) is 7.06. The van der Waals surface area contributed by atoms with E-state index in [-0.39, 0.29) is 16.8 Å². The Morgan fingerprint density at radius 3 is 2.20 bits per heavy atom. The Hall–Kier alpha value is -2.33. The van der Waals surface area contributed by atoms with Crippen molar-refractivity contribution in [1.29, 1.82) is 0 Å². The molecule has 0 N–H and O–H groups in total. The predicted octanol–water partition coefficient (Wildman–Crippen LogP) is 8.31. The average molecular weight is 493 g/mol. The van der Waals surface area contributed by atoms with Gasteiger partial charge < -0.3 is 9.16 Å². The second-order valence-corrected chi connectivity index (χ2v) is 13.9. The molecule has 0 bridgehead atoms. The summed E-state index contributed by atoms with van der Waals surface area (Å²) in [4.78, 5) is 12.0. The Morgan fingerprint density at radius 1 is 1.03 bits per heavy atom. The van der Waals surface area contributed by atoms with Crippen molar-refractivity contribution in [2.24, 2.45) is 0 Å². The van der Waals surface area contributed by atoms with Crippen LogP contribution in [0.4, 0.5) is 0 Å². The summed E-state index contributed by atoms with van der Waals surface area (Å²) in [6, 6.07) is 12.3. The van der Waals surface area contributed by atoms with E-state index in [9.17, 15) is 4.79 Å². The number of ether oxygens (including phenoxy) is 1. The van der Waals surface area contributed by atoms with Crippen LogP contribution in [0.2, 0.25) is 13.1 Å². The highest BCUT2D eigenvalue weighted by Crippen LogP contribution is 2.49. The maximum Gasteiger partial charge on any atom is 0.338 e. The molecule has 0 saturated heterocycles. The van der Waals surface area contributed by atoms with E-state index < -0.39 is 9.04 Å². The van der Waals surface area contributed by atoms with Gasteiger partial charge in [0.1, 0.15) is 5.75 Å². The van der Waals surface area contributed by atoms with Crippen molar-refractivity contribution in [2.75, 3.05) is 6.61 Å². The van der Waals surface area contributed by atoms with Crippen molar-refractivity contribution in [2.45, 2.75) is 97.6 Å². The quantitative estimate of drug-likeness (QED) is 0.221. The van der Waals surface area contributed by atoms with Crippen molar-refractivity contribution in [1.82, 2.24) is 0 Å². The SMILES string of the molecule is CCOC(=O)c1ccc(/C=C(/C)c2ccc(C(C)(C)C)c(C3(C)CCCCC3)c2O[SiH](C)C)cc1. The monoisotopic (exact) mass is 492 g/mol. The minimum absolute atomic E-state index is 0.0471. The smallest absolute Gasteiger partial charge is 0.338 e. The van der Waals surface area contributed by atoms with E-state index in [0.29, 0.717) is 12.2 Å². The lowest BCUT2D eigenvalue weighted by atomic mass is 9.65. The second-order valence-electron chi connectivity index (χ2n) is 11.6. The summed E-state index contributed by atoms with van der Waals surface area (Å²) in [6.07, 6.45) is 8.52. The van der Waals surface area contributed by atoms with Crippen LogP contribution in [0.15, 0.2) is 36.4 Å². The van der Waals surface area contributed by atoms with Crippen LogP contribution >= 0.6 is 0 Å². The van der Waals surface area contributed by atoms with Crippen molar-refractivity contribution in [3.8, 4) is 5.75 Å². The number of benzene rings is 2. The van der Waals surface area contributed by atoms with E-state index in [1.54, 1.807) is 0 Å². The largest absolute Gasteiger partial charge is 0.546 e. The van der Waals surface area contributed by atoms with E-state index in [0.717, 1.165) is 11.3 Å². The summed E-state index contributed by atoms with van der Waals surface area (Å²) in [7, 11) is -1.34. The highest BCUT2D eigenvalue weighted by atomic mass is 28.3. The Bertz CT molecular complexity index is 1050. The Kier molecular flexibility index (Phi) is 8.69. The number of hydrogen-bond donors (Lipinski definition) is 0. The van der Waals surface area contributed by atoms with Gasteiger partial charge in [-0.05, 0) is 79.4 Å². The second kappa shape index (κ2) is 11.2. The normalized spacial score (nSPS) is 16.3. The molecule has 190 valence electrons. The first-order valence-corrected chi connectivity index (χ1v) is 16.0. The standard InChI is InChI=1S/C31H44O3Si/c1-9-33-29(32)24-15-13-23(14-16-24)21-22(2)25-17-18-26(30(3,4)5)27(28(25)34-35(7)8)31(6)19-11-10-12-20-31/h13-18,21,35H,9-12,19-20H2,1-8H3/b22-21-. The maximum atomic E-state index is 12.0. The maximum absolute atomic E-state index is 12.0. The fourth-order valence-electron chi connectivity index (χ4n) is 5.32. The topological polar surface area (TPSA) is 35.5 Å². The van der Waals surface area contributed by atoms with Gasteiger partial charge >= 0.3 is 5.97 Å². The molecule has 0 amide bonds. The minimum atomic E-state index is -1.34. The molecule has 0 radical (unpaired) electrons. The molecular formula is C31H44O3Si. The van der Waals surface area contributed by atoms with Gasteiger partial charge in [-0.25, -0.2) is 4.79 Å². The number of hydrogen-bond acceptors (Lipinski definition) is 3. The number of carbonyl (C=O) groups excluding carboxylic acids is 1. The van der Waals surface area contributed by atoms with Crippen LogP contribution in [0.1, 0.15) is 106 Å².